The highest BCUT2D eigenvalue weighted by Gasteiger charge is 1.95. The third-order valence-corrected chi connectivity index (χ3v) is 1.37. The number of halogens is 1. The van der Waals surface area contributed by atoms with Crippen molar-refractivity contribution < 1.29 is 0 Å². The first-order chi connectivity index (χ1) is 4.88. The summed E-state index contributed by atoms with van der Waals surface area (Å²) in [4.78, 5) is 7.80. The predicted molar refractivity (Wildman–Crippen MR) is 44.6 cm³/mol. The maximum absolute atomic E-state index is 5.53. The molecule has 0 saturated carbocycles. The van der Waals surface area contributed by atoms with Gasteiger partial charge < -0.3 is 10.1 Å². The highest BCUT2D eigenvalue weighted by molar-refractivity contribution is 5.85. The zero-order chi connectivity index (χ0) is 6.97. The molecule has 0 bridgehead atoms. The monoisotopic (exact) mass is 170 g/mol. The second kappa shape index (κ2) is 2.75. The van der Waals surface area contributed by atoms with E-state index in [1.165, 1.54) is 0 Å². The number of nitrogen functional groups attached to an aromatic ring is 1. The third kappa shape index (κ3) is 1.12. The zero-order valence-corrected chi connectivity index (χ0v) is 6.45. The van der Waals surface area contributed by atoms with Crippen molar-refractivity contribution in [1.29, 1.82) is 0 Å². The van der Waals surface area contributed by atoms with Crippen molar-refractivity contribution in [2.45, 2.75) is 0 Å². The van der Waals surface area contributed by atoms with Crippen LogP contribution < -0.4 is 5.73 Å². The fourth-order valence-corrected chi connectivity index (χ4v) is 0.873. The lowest BCUT2D eigenvalue weighted by Gasteiger charge is -1.93. The van der Waals surface area contributed by atoms with E-state index in [-0.39, 0.29) is 12.4 Å². The average Bonchev–Trinajstić information content (AvgIpc) is 2.36. The molecular formula is C6H7ClN4. The van der Waals surface area contributed by atoms with Crippen molar-refractivity contribution in [3.63, 3.8) is 0 Å². The number of hydrogen-bond acceptors (Lipinski definition) is 3. The average molecular weight is 171 g/mol. The molecule has 2 N–H and O–H groups in total. The Morgan fingerprint density at radius 3 is 3.00 bits per heavy atom. The van der Waals surface area contributed by atoms with Crippen LogP contribution in [0.15, 0.2) is 24.9 Å². The summed E-state index contributed by atoms with van der Waals surface area (Å²) < 4.78 is 1.82. The predicted octanol–water partition coefficient (Wildman–Crippen LogP) is 0.733. The molecule has 2 rings (SSSR count). The van der Waals surface area contributed by atoms with E-state index in [4.69, 9.17) is 5.73 Å². The number of nitrogens with zero attached hydrogens (tertiary/aromatic N) is 3. The van der Waals surface area contributed by atoms with E-state index < -0.39 is 0 Å². The van der Waals surface area contributed by atoms with Gasteiger partial charge in [0.25, 0.3) is 0 Å². The summed E-state index contributed by atoms with van der Waals surface area (Å²) >= 11 is 0. The quantitative estimate of drug-likeness (QED) is 0.634. The van der Waals surface area contributed by atoms with Gasteiger partial charge in [-0.2, -0.15) is 0 Å². The Morgan fingerprint density at radius 1 is 1.45 bits per heavy atom. The molecule has 0 atom stereocenters. The molecule has 0 radical (unpaired) electrons. The van der Waals surface area contributed by atoms with Gasteiger partial charge in [-0.15, -0.1) is 12.4 Å². The molecular weight excluding hydrogens is 164 g/mol. The summed E-state index contributed by atoms with van der Waals surface area (Å²) in [6.45, 7) is 0. The first-order valence-electron chi connectivity index (χ1n) is 2.90. The van der Waals surface area contributed by atoms with Crippen LogP contribution in [0.1, 0.15) is 0 Å². The Bertz CT molecular complexity index is 356. The maximum atomic E-state index is 5.53. The molecule has 2 aromatic heterocycles. The van der Waals surface area contributed by atoms with Crippen LogP contribution in [0.5, 0.6) is 0 Å². The van der Waals surface area contributed by atoms with Crippen LogP contribution in [0.3, 0.4) is 0 Å². The number of anilines is 1. The van der Waals surface area contributed by atoms with Crippen LogP contribution in [0.4, 0.5) is 5.82 Å². The Kier molecular flexibility index (Phi) is 1.96. The van der Waals surface area contributed by atoms with Crippen LogP contribution in [0.25, 0.3) is 5.52 Å². The molecule has 0 aromatic carbocycles. The van der Waals surface area contributed by atoms with Gasteiger partial charge in [0.2, 0.25) is 0 Å². The molecule has 0 aliphatic carbocycles. The fourth-order valence-electron chi connectivity index (χ4n) is 0.873. The van der Waals surface area contributed by atoms with Crippen molar-refractivity contribution in [3.05, 3.63) is 24.9 Å². The lowest BCUT2D eigenvalue weighted by atomic mass is 10.5. The van der Waals surface area contributed by atoms with Crippen molar-refractivity contribution in [3.8, 4) is 0 Å². The minimum Gasteiger partial charge on any atom is -0.382 e. The molecule has 11 heavy (non-hydrogen) atoms. The van der Waals surface area contributed by atoms with Gasteiger partial charge >= 0.3 is 0 Å². The molecule has 58 valence electrons. The van der Waals surface area contributed by atoms with E-state index in [0.717, 1.165) is 5.52 Å². The van der Waals surface area contributed by atoms with E-state index in [1.807, 2.05) is 4.40 Å². The van der Waals surface area contributed by atoms with E-state index in [1.54, 1.807) is 24.9 Å². The Morgan fingerprint density at radius 2 is 2.27 bits per heavy atom. The van der Waals surface area contributed by atoms with Crippen LogP contribution in [-0.2, 0) is 0 Å². The maximum Gasteiger partial charge on any atom is 0.149 e. The molecule has 0 unspecified atom stereocenters. The molecule has 0 aliphatic heterocycles. The van der Waals surface area contributed by atoms with Gasteiger partial charge in [-0.05, 0) is 0 Å². The van der Waals surface area contributed by atoms with E-state index >= 15 is 0 Å². The van der Waals surface area contributed by atoms with Gasteiger partial charge in [-0.25, -0.2) is 9.97 Å². The first-order valence-corrected chi connectivity index (χ1v) is 2.90. The topological polar surface area (TPSA) is 56.2 Å². The van der Waals surface area contributed by atoms with Crippen LogP contribution in [0, 0.1) is 0 Å². The first kappa shape index (κ1) is 7.81. The van der Waals surface area contributed by atoms with Gasteiger partial charge in [0, 0.05) is 12.4 Å². The van der Waals surface area contributed by atoms with Crippen LogP contribution >= 0.6 is 12.4 Å². The number of rotatable bonds is 0. The second-order valence-corrected chi connectivity index (χ2v) is 2.00. The SMILES string of the molecule is Cl.Nc1nccn2cncc12. The lowest BCUT2D eigenvalue weighted by molar-refractivity contribution is 1.12. The van der Waals surface area contributed by atoms with Gasteiger partial charge in [-0.1, -0.05) is 0 Å². The van der Waals surface area contributed by atoms with Gasteiger partial charge in [0.05, 0.1) is 12.5 Å². The number of nitrogens with two attached hydrogens (primary N) is 1. The summed E-state index contributed by atoms with van der Waals surface area (Å²) in [5.74, 6) is 0.514. The standard InChI is InChI=1S/C6H6N4.ClH/c7-6-5-3-8-4-10(5)2-1-9-6;/h1-4H,(H2,7,9);1H. The molecule has 2 heterocycles. The summed E-state index contributed by atoms with van der Waals surface area (Å²) in [6.07, 6.45) is 6.82. The van der Waals surface area contributed by atoms with Crippen molar-refractivity contribution in [1.82, 2.24) is 14.4 Å². The minimum atomic E-state index is 0. The molecule has 4 nitrogen and oxygen atoms in total. The molecule has 0 spiro atoms. The third-order valence-electron chi connectivity index (χ3n) is 1.37. The van der Waals surface area contributed by atoms with Crippen molar-refractivity contribution in [2.75, 3.05) is 5.73 Å². The summed E-state index contributed by atoms with van der Waals surface area (Å²) in [5.41, 5.74) is 6.38. The minimum absolute atomic E-state index is 0. The largest absolute Gasteiger partial charge is 0.382 e. The zero-order valence-electron chi connectivity index (χ0n) is 5.64. The smallest absolute Gasteiger partial charge is 0.149 e. The highest BCUT2D eigenvalue weighted by Crippen LogP contribution is 2.06. The number of aromatic nitrogens is 3. The number of imidazole rings is 1. The van der Waals surface area contributed by atoms with Gasteiger partial charge in [0.15, 0.2) is 0 Å². The van der Waals surface area contributed by atoms with E-state index in [2.05, 4.69) is 9.97 Å². The molecule has 0 aliphatic rings. The van der Waals surface area contributed by atoms with Crippen molar-refractivity contribution in [2.24, 2.45) is 0 Å². The molecule has 2 aromatic rings. The Balaban J connectivity index is 0.000000605. The summed E-state index contributed by atoms with van der Waals surface area (Å²) in [5, 5.41) is 0. The Labute approximate surface area is 69.5 Å². The number of fused-ring (bicyclic) bond motifs is 1. The summed E-state index contributed by atoms with van der Waals surface area (Å²) in [6, 6.07) is 0. The molecule has 0 saturated heterocycles. The second-order valence-electron chi connectivity index (χ2n) is 2.00. The fraction of sp³-hybridized carbons (Fsp3) is 0. The van der Waals surface area contributed by atoms with E-state index in [9.17, 15) is 0 Å². The van der Waals surface area contributed by atoms with Crippen molar-refractivity contribution >= 4 is 23.7 Å². The van der Waals surface area contributed by atoms with Gasteiger partial charge in [-0.3, -0.25) is 0 Å². The Hall–Kier alpha value is -1.29. The molecule has 0 amide bonds. The normalized spacial score (nSPS) is 9.45. The molecule has 5 heteroatoms. The highest BCUT2D eigenvalue weighted by atomic mass is 35.5. The molecule has 0 fully saturated rings. The van der Waals surface area contributed by atoms with Gasteiger partial charge in [0.1, 0.15) is 11.3 Å². The lowest BCUT2D eigenvalue weighted by Crippen LogP contribution is -1.92. The summed E-state index contributed by atoms with van der Waals surface area (Å²) in [7, 11) is 0. The van der Waals surface area contributed by atoms with Crippen LogP contribution in [0.2, 0.25) is 0 Å². The van der Waals surface area contributed by atoms with Crippen LogP contribution in [-0.4, -0.2) is 14.4 Å². The van der Waals surface area contributed by atoms with E-state index in [0.29, 0.717) is 5.82 Å². The number of hydrogen-bond donors (Lipinski definition) is 1.